The normalized spacial score (nSPS) is 24.4. The highest BCUT2D eigenvalue weighted by Crippen LogP contribution is 2.31. The molecule has 0 spiro atoms. The highest BCUT2D eigenvalue weighted by Gasteiger charge is 2.37. The fourth-order valence-electron chi connectivity index (χ4n) is 3.09. The van der Waals surface area contributed by atoms with Crippen molar-refractivity contribution in [3.63, 3.8) is 0 Å². The molecule has 6 heteroatoms. The lowest BCUT2D eigenvalue weighted by molar-refractivity contribution is 0.0811. The molecule has 0 aliphatic heterocycles. The van der Waals surface area contributed by atoms with Gasteiger partial charge in [-0.05, 0) is 38.3 Å². The van der Waals surface area contributed by atoms with Crippen LogP contribution in [0, 0.1) is 13.8 Å². The van der Waals surface area contributed by atoms with E-state index in [1.807, 2.05) is 24.6 Å². The smallest absolute Gasteiger partial charge is 0.253 e. The zero-order valence-corrected chi connectivity index (χ0v) is 12.7. The van der Waals surface area contributed by atoms with Gasteiger partial charge in [-0.2, -0.15) is 0 Å². The summed E-state index contributed by atoms with van der Waals surface area (Å²) >= 11 is 0. The Bertz CT molecular complexity index is 682. The van der Waals surface area contributed by atoms with Gasteiger partial charge in [0.2, 0.25) is 0 Å². The summed E-state index contributed by atoms with van der Waals surface area (Å²) < 4.78 is 1.98. The van der Waals surface area contributed by atoms with Gasteiger partial charge in [0.05, 0.1) is 23.8 Å². The number of carbonyl (C=O) groups is 1. The Morgan fingerprint density at radius 2 is 2.18 bits per heavy atom. The van der Waals surface area contributed by atoms with Crippen LogP contribution in [-0.2, 0) is 0 Å². The fraction of sp³-hybridized carbons (Fsp3) is 0.438. The Morgan fingerprint density at radius 1 is 1.36 bits per heavy atom. The topological polar surface area (TPSA) is 80.0 Å². The summed E-state index contributed by atoms with van der Waals surface area (Å²) in [5.41, 5.74) is 1.46. The maximum absolute atomic E-state index is 12.3. The Labute approximate surface area is 129 Å². The molecule has 0 saturated heterocycles. The number of aryl methyl sites for hydroxylation is 2. The molecule has 116 valence electrons. The van der Waals surface area contributed by atoms with Crippen LogP contribution in [0.25, 0.3) is 0 Å². The van der Waals surface area contributed by atoms with Gasteiger partial charge in [0, 0.05) is 24.8 Å². The number of aromatic nitrogens is 3. The highest BCUT2D eigenvalue weighted by atomic mass is 16.3. The second kappa shape index (κ2) is 5.88. The second-order valence-corrected chi connectivity index (χ2v) is 5.85. The molecule has 2 heterocycles. The minimum Gasteiger partial charge on any atom is -0.389 e. The van der Waals surface area contributed by atoms with E-state index in [1.165, 1.54) is 0 Å². The molecule has 2 N–H and O–H groups in total. The molecule has 0 bridgehead atoms. The van der Waals surface area contributed by atoms with Crippen LogP contribution in [0.15, 0.2) is 30.9 Å². The van der Waals surface area contributed by atoms with Crippen molar-refractivity contribution in [3.8, 4) is 0 Å². The van der Waals surface area contributed by atoms with Gasteiger partial charge in [0.25, 0.3) is 5.91 Å². The first-order valence-electron chi connectivity index (χ1n) is 7.46. The van der Waals surface area contributed by atoms with Crippen molar-refractivity contribution in [1.29, 1.82) is 0 Å². The molecule has 3 rings (SSSR count). The zero-order valence-electron chi connectivity index (χ0n) is 12.7. The number of carbonyl (C=O) groups excluding carboxylic acids is 1. The third-order valence-corrected chi connectivity index (χ3v) is 4.25. The van der Waals surface area contributed by atoms with E-state index in [9.17, 15) is 9.90 Å². The molecular formula is C16H20N4O2. The Morgan fingerprint density at radius 3 is 2.86 bits per heavy atom. The average Bonchev–Trinajstić information content (AvgIpc) is 3.06. The minimum absolute atomic E-state index is 0.0385. The zero-order chi connectivity index (χ0) is 15.7. The molecule has 22 heavy (non-hydrogen) atoms. The largest absolute Gasteiger partial charge is 0.389 e. The highest BCUT2D eigenvalue weighted by molar-refractivity contribution is 5.94. The first-order chi connectivity index (χ1) is 10.6. The summed E-state index contributed by atoms with van der Waals surface area (Å²) in [6.45, 7) is 3.81. The maximum atomic E-state index is 12.3. The summed E-state index contributed by atoms with van der Waals surface area (Å²) in [5, 5.41) is 13.4. The van der Waals surface area contributed by atoms with Gasteiger partial charge in [-0.25, -0.2) is 4.98 Å². The van der Waals surface area contributed by atoms with Crippen LogP contribution >= 0.6 is 0 Å². The molecule has 1 aliphatic rings. The van der Waals surface area contributed by atoms with E-state index in [-0.39, 0.29) is 18.0 Å². The van der Waals surface area contributed by atoms with E-state index in [2.05, 4.69) is 15.3 Å². The quantitative estimate of drug-likeness (QED) is 0.897. The van der Waals surface area contributed by atoms with E-state index in [0.717, 1.165) is 24.2 Å². The summed E-state index contributed by atoms with van der Waals surface area (Å²) in [4.78, 5) is 20.5. The third-order valence-electron chi connectivity index (χ3n) is 4.25. The number of imidazole rings is 1. The number of nitrogens with one attached hydrogen (secondary N) is 1. The van der Waals surface area contributed by atoms with Crippen molar-refractivity contribution in [1.82, 2.24) is 19.9 Å². The number of amides is 1. The Balaban J connectivity index is 1.69. The van der Waals surface area contributed by atoms with Crippen molar-refractivity contribution >= 4 is 5.91 Å². The Hall–Kier alpha value is -2.21. The van der Waals surface area contributed by atoms with Crippen LogP contribution in [0.2, 0.25) is 0 Å². The lowest BCUT2D eigenvalue weighted by Gasteiger charge is -2.22. The van der Waals surface area contributed by atoms with E-state index >= 15 is 0 Å². The van der Waals surface area contributed by atoms with Crippen molar-refractivity contribution in [2.24, 2.45) is 0 Å². The summed E-state index contributed by atoms with van der Waals surface area (Å²) in [7, 11) is 0. The van der Waals surface area contributed by atoms with Gasteiger partial charge in [0.15, 0.2) is 0 Å². The maximum Gasteiger partial charge on any atom is 0.253 e. The van der Waals surface area contributed by atoms with Gasteiger partial charge in [-0.15, -0.1) is 0 Å². The standard InChI is InChI=1S/C16H20N4O2/c1-10-7-12(9-17-8-10)16(22)19-13-3-4-14(15(13)21)20-6-5-18-11(20)2/h5-9,13-15,21H,3-4H2,1-2H3,(H,19,22)/t13-,14-,15-/m1/s1. The van der Waals surface area contributed by atoms with Crippen LogP contribution in [0.1, 0.15) is 40.6 Å². The van der Waals surface area contributed by atoms with Gasteiger partial charge < -0.3 is 15.0 Å². The van der Waals surface area contributed by atoms with Gasteiger partial charge in [-0.1, -0.05) is 0 Å². The molecule has 6 nitrogen and oxygen atoms in total. The van der Waals surface area contributed by atoms with Crippen LogP contribution in [-0.4, -0.2) is 37.7 Å². The van der Waals surface area contributed by atoms with E-state index in [1.54, 1.807) is 24.7 Å². The van der Waals surface area contributed by atoms with Gasteiger partial charge in [0.1, 0.15) is 5.82 Å². The number of hydrogen-bond donors (Lipinski definition) is 2. The van der Waals surface area contributed by atoms with Gasteiger partial charge >= 0.3 is 0 Å². The average molecular weight is 300 g/mol. The van der Waals surface area contributed by atoms with Crippen LogP contribution in [0.5, 0.6) is 0 Å². The molecule has 1 aliphatic carbocycles. The molecular weight excluding hydrogens is 280 g/mol. The second-order valence-electron chi connectivity index (χ2n) is 5.85. The van der Waals surface area contributed by atoms with Crippen LogP contribution < -0.4 is 5.32 Å². The van der Waals surface area contributed by atoms with Crippen molar-refractivity contribution in [2.45, 2.75) is 44.9 Å². The number of pyridine rings is 1. The van der Waals surface area contributed by atoms with Crippen molar-refractivity contribution in [3.05, 3.63) is 47.8 Å². The first kappa shape index (κ1) is 14.7. The molecule has 0 unspecified atom stereocenters. The number of aliphatic hydroxyl groups excluding tert-OH is 1. The van der Waals surface area contributed by atoms with Crippen LogP contribution in [0.4, 0.5) is 0 Å². The van der Waals surface area contributed by atoms with Crippen LogP contribution in [0.3, 0.4) is 0 Å². The molecule has 1 fully saturated rings. The molecule has 0 radical (unpaired) electrons. The first-order valence-corrected chi connectivity index (χ1v) is 7.46. The number of nitrogens with zero attached hydrogens (tertiary/aromatic N) is 3. The van der Waals surface area contributed by atoms with Crippen molar-refractivity contribution < 1.29 is 9.90 Å². The monoisotopic (exact) mass is 300 g/mol. The Kier molecular flexibility index (Phi) is 3.94. The lowest BCUT2D eigenvalue weighted by atomic mass is 10.1. The molecule has 3 atom stereocenters. The summed E-state index contributed by atoms with van der Waals surface area (Å²) in [6.07, 6.45) is 7.79. The predicted octanol–water partition coefficient (Wildman–Crippen LogP) is 1.39. The lowest BCUT2D eigenvalue weighted by Crippen LogP contribution is -2.42. The predicted molar refractivity (Wildman–Crippen MR) is 81.5 cm³/mol. The summed E-state index contributed by atoms with van der Waals surface area (Å²) in [6, 6.07) is 1.50. The van der Waals surface area contributed by atoms with Gasteiger partial charge in [-0.3, -0.25) is 9.78 Å². The number of aliphatic hydroxyl groups is 1. The molecule has 2 aromatic rings. The van der Waals surface area contributed by atoms with E-state index in [0.29, 0.717) is 5.56 Å². The number of hydrogen-bond acceptors (Lipinski definition) is 4. The summed E-state index contributed by atoms with van der Waals surface area (Å²) in [5.74, 6) is 0.683. The molecule has 1 saturated carbocycles. The van der Waals surface area contributed by atoms with Crippen molar-refractivity contribution in [2.75, 3.05) is 0 Å². The molecule has 2 aromatic heterocycles. The molecule has 1 amide bonds. The molecule has 0 aromatic carbocycles. The fourth-order valence-corrected chi connectivity index (χ4v) is 3.09. The SMILES string of the molecule is Cc1cncc(C(=O)N[C@@H]2CC[C@@H](n3ccnc3C)[C@@H]2O)c1. The van der Waals surface area contributed by atoms with E-state index < -0.39 is 6.10 Å². The third kappa shape index (κ3) is 2.74. The minimum atomic E-state index is -0.616. The van der Waals surface area contributed by atoms with E-state index in [4.69, 9.17) is 0 Å². The number of rotatable bonds is 3.